The van der Waals surface area contributed by atoms with E-state index >= 15 is 0 Å². The number of hydrogen-bond donors (Lipinski definition) is 3. The molecule has 0 spiro atoms. The standard InChI is InChI=1S/C10H12INO4/c11-7-3-1-2-5(12-7)10-9(15)8(14)6(4-13)16-10/h1-3,6,8-10,13-15H,4H2/t6-,8-,9-,10-/m1/s1. The van der Waals surface area contributed by atoms with Crippen molar-refractivity contribution in [2.75, 3.05) is 6.61 Å². The molecule has 6 heteroatoms. The molecule has 0 aromatic carbocycles. The Labute approximate surface area is 106 Å². The molecule has 88 valence electrons. The van der Waals surface area contributed by atoms with Crippen LogP contribution in [-0.2, 0) is 4.74 Å². The van der Waals surface area contributed by atoms with Crippen LogP contribution in [0.15, 0.2) is 18.2 Å². The number of halogens is 1. The van der Waals surface area contributed by atoms with Crippen molar-refractivity contribution in [2.45, 2.75) is 24.4 Å². The first-order chi connectivity index (χ1) is 7.63. The summed E-state index contributed by atoms with van der Waals surface area (Å²) in [4.78, 5) is 4.22. The van der Waals surface area contributed by atoms with Crippen LogP contribution < -0.4 is 0 Å². The second-order valence-corrected chi connectivity index (χ2v) is 4.75. The molecular formula is C10H12INO4. The normalized spacial score (nSPS) is 34.2. The molecule has 1 fully saturated rings. The summed E-state index contributed by atoms with van der Waals surface area (Å²) in [7, 11) is 0. The summed E-state index contributed by atoms with van der Waals surface area (Å²) >= 11 is 2.06. The zero-order valence-corrected chi connectivity index (χ0v) is 10.5. The summed E-state index contributed by atoms with van der Waals surface area (Å²) in [5.41, 5.74) is 0.564. The molecule has 1 aromatic heterocycles. The van der Waals surface area contributed by atoms with Crippen LogP contribution in [0.25, 0.3) is 0 Å². The lowest BCUT2D eigenvalue weighted by Crippen LogP contribution is -2.32. The SMILES string of the molecule is OC[C@H]1O[C@H](c2cccc(I)n2)[C@H](O)[C@@H]1O. The number of nitrogens with zero attached hydrogens (tertiary/aromatic N) is 1. The molecule has 3 N–H and O–H groups in total. The van der Waals surface area contributed by atoms with E-state index in [0.717, 1.165) is 3.70 Å². The Balaban J connectivity index is 2.23. The van der Waals surface area contributed by atoms with Crippen molar-refractivity contribution in [1.82, 2.24) is 4.98 Å². The van der Waals surface area contributed by atoms with Gasteiger partial charge in [0.15, 0.2) is 0 Å². The zero-order valence-electron chi connectivity index (χ0n) is 8.32. The Bertz CT molecular complexity index is 376. The highest BCUT2D eigenvalue weighted by atomic mass is 127. The largest absolute Gasteiger partial charge is 0.394 e. The third kappa shape index (κ3) is 2.21. The molecule has 1 aromatic rings. The van der Waals surface area contributed by atoms with Gasteiger partial charge >= 0.3 is 0 Å². The van der Waals surface area contributed by atoms with Gasteiger partial charge in [0.2, 0.25) is 0 Å². The molecule has 0 bridgehead atoms. The average molecular weight is 337 g/mol. The van der Waals surface area contributed by atoms with E-state index in [-0.39, 0.29) is 6.61 Å². The minimum atomic E-state index is -1.07. The summed E-state index contributed by atoms with van der Waals surface area (Å²) < 4.78 is 6.15. The molecular weight excluding hydrogens is 325 g/mol. The molecule has 1 aliphatic heterocycles. The number of ether oxygens (including phenoxy) is 1. The number of pyridine rings is 1. The van der Waals surface area contributed by atoms with Crippen LogP contribution >= 0.6 is 22.6 Å². The van der Waals surface area contributed by atoms with Gasteiger partial charge in [0, 0.05) is 0 Å². The van der Waals surface area contributed by atoms with Gasteiger partial charge in [-0.1, -0.05) is 6.07 Å². The Morgan fingerprint density at radius 2 is 2.06 bits per heavy atom. The maximum Gasteiger partial charge on any atom is 0.128 e. The summed E-state index contributed by atoms with van der Waals surface area (Å²) in [6, 6.07) is 5.35. The van der Waals surface area contributed by atoms with E-state index in [0.29, 0.717) is 5.69 Å². The van der Waals surface area contributed by atoms with E-state index in [1.165, 1.54) is 0 Å². The highest BCUT2D eigenvalue weighted by Crippen LogP contribution is 2.32. The van der Waals surface area contributed by atoms with Crippen molar-refractivity contribution in [3.05, 3.63) is 27.6 Å². The lowest BCUT2D eigenvalue weighted by atomic mass is 10.1. The summed E-state index contributed by atoms with van der Waals surface area (Å²) in [5, 5.41) is 28.3. The van der Waals surface area contributed by atoms with E-state index < -0.39 is 24.4 Å². The molecule has 0 unspecified atom stereocenters. The van der Waals surface area contributed by atoms with Crippen molar-refractivity contribution in [1.29, 1.82) is 0 Å². The summed E-state index contributed by atoms with van der Waals surface area (Å²) in [5.74, 6) is 0. The first kappa shape index (κ1) is 12.2. The Morgan fingerprint density at radius 3 is 2.62 bits per heavy atom. The summed E-state index contributed by atoms with van der Waals surface area (Å²) in [6.45, 7) is -0.321. The number of rotatable bonds is 2. The fourth-order valence-corrected chi connectivity index (χ4v) is 2.21. The predicted octanol–water partition coefficient (Wildman–Crippen LogP) is -0.160. The van der Waals surface area contributed by atoms with Gasteiger partial charge in [-0.15, -0.1) is 0 Å². The molecule has 2 rings (SSSR count). The molecule has 0 aliphatic carbocycles. The lowest BCUT2D eigenvalue weighted by Gasteiger charge is -2.13. The fraction of sp³-hybridized carbons (Fsp3) is 0.500. The molecule has 16 heavy (non-hydrogen) atoms. The minimum Gasteiger partial charge on any atom is -0.394 e. The van der Waals surface area contributed by atoms with E-state index in [9.17, 15) is 10.2 Å². The van der Waals surface area contributed by atoms with Crippen molar-refractivity contribution >= 4 is 22.6 Å². The molecule has 1 aliphatic rings. The van der Waals surface area contributed by atoms with Crippen LogP contribution in [0.5, 0.6) is 0 Å². The second-order valence-electron chi connectivity index (χ2n) is 3.64. The van der Waals surface area contributed by atoms with Gasteiger partial charge in [-0.2, -0.15) is 0 Å². The Hall–Kier alpha value is -0.280. The van der Waals surface area contributed by atoms with E-state index in [4.69, 9.17) is 9.84 Å². The fourth-order valence-electron chi connectivity index (χ4n) is 1.73. The van der Waals surface area contributed by atoms with Gasteiger partial charge in [-0.05, 0) is 34.7 Å². The second kappa shape index (κ2) is 4.92. The molecule has 0 saturated carbocycles. The van der Waals surface area contributed by atoms with Crippen LogP contribution in [0.3, 0.4) is 0 Å². The number of aliphatic hydroxyl groups excluding tert-OH is 3. The number of aromatic nitrogens is 1. The number of aliphatic hydroxyl groups is 3. The lowest BCUT2D eigenvalue weighted by molar-refractivity contribution is -0.0239. The Kier molecular flexibility index (Phi) is 3.75. The average Bonchev–Trinajstić information content (AvgIpc) is 2.56. The molecule has 5 nitrogen and oxygen atoms in total. The van der Waals surface area contributed by atoms with Crippen molar-refractivity contribution < 1.29 is 20.1 Å². The van der Waals surface area contributed by atoms with Gasteiger partial charge in [-0.3, -0.25) is 0 Å². The highest BCUT2D eigenvalue weighted by Gasteiger charge is 2.43. The molecule has 4 atom stereocenters. The number of hydrogen-bond acceptors (Lipinski definition) is 5. The first-order valence-corrected chi connectivity index (χ1v) is 5.96. The van der Waals surface area contributed by atoms with Crippen LogP contribution in [0, 0.1) is 3.70 Å². The monoisotopic (exact) mass is 337 g/mol. The van der Waals surface area contributed by atoms with Crippen molar-refractivity contribution in [2.24, 2.45) is 0 Å². The van der Waals surface area contributed by atoms with Crippen LogP contribution in [-0.4, -0.2) is 45.2 Å². The zero-order chi connectivity index (χ0) is 11.7. The van der Waals surface area contributed by atoms with Crippen LogP contribution in [0.2, 0.25) is 0 Å². The van der Waals surface area contributed by atoms with E-state index in [2.05, 4.69) is 27.6 Å². The topological polar surface area (TPSA) is 82.8 Å². The minimum absolute atomic E-state index is 0.321. The van der Waals surface area contributed by atoms with Gasteiger partial charge in [0.05, 0.1) is 12.3 Å². The smallest absolute Gasteiger partial charge is 0.128 e. The third-order valence-corrected chi connectivity index (χ3v) is 3.17. The van der Waals surface area contributed by atoms with Crippen LogP contribution in [0.1, 0.15) is 11.8 Å². The third-order valence-electron chi connectivity index (χ3n) is 2.57. The van der Waals surface area contributed by atoms with E-state index in [1.807, 2.05) is 6.07 Å². The molecule has 2 heterocycles. The van der Waals surface area contributed by atoms with Crippen molar-refractivity contribution in [3.63, 3.8) is 0 Å². The van der Waals surface area contributed by atoms with Gasteiger partial charge in [0.1, 0.15) is 28.1 Å². The highest BCUT2D eigenvalue weighted by molar-refractivity contribution is 14.1. The van der Waals surface area contributed by atoms with Crippen LogP contribution in [0.4, 0.5) is 0 Å². The maximum absolute atomic E-state index is 9.77. The molecule has 0 amide bonds. The van der Waals surface area contributed by atoms with Gasteiger partial charge in [0.25, 0.3) is 0 Å². The van der Waals surface area contributed by atoms with E-state index in [1.54, 1.807) is 12.1 Å². The van der Waals surface area contributed by atoms with Gasteiger partial charge in [-0.25, -0.2) is 4.98 Å². The molecule has 1 saturated heterocycles. The predicted molar refractivity (Wildman–Crippen MR) is 63.7 cm³/mol. The summed E-state index contributed by atoms with van der Waals surface area (Å²) in [6.07, 6.45) is -3.56. The van der Waals surface area contributed by atoms with Gasteiger partial charge < -0.3 is 20.1 Å². The molecule has 0 radical (unpaired) electrons. The Morgan fingerprint density at radius 1 is 1.31 bits per heavy atom. The first-order valence-electron chi connectivity index (χ1n) is 4.88. The van der Waals surface area contributed by atoms with Crippen molar-refractivity contribution in [3.8, 4) is 0 Å². The quantitative estimate of drug-likeness (QED) is 0.516. The maximum atomic E-state index is 9.77.